The molecular formula is C8H7ClN2O4. The molecule has 1 rings (SSSR count). The molecule has 15 heavy (non-hydrogen) atoms. The molecule has 0 aliphatic carbocycles. The molecule has 0 aliphatic rings. The van der Waals surface area contributed by atoms with Crippen molar-refractivity contribution in [1.29, 1.82) is 0 Å². The highest BCUT2D eigenvalue weighted by molar-refractivity contribution is 6.33. The van der Waals surface area contributed by atoms with Crippen molar-refractivity contribution in [3.05, 3.63) is 27.3 Å². The Kier molecular flexibility index (Phi) is 3.46. The van der Waals surface area contributed by atoms with Crippen LogP contribution in [0.5, 0.6) is 5.75 Å². The first-order valence-corrected chi connectivity index (χ1v) is 4.20. The summed E-state index contributed by atoms with van der Waals surface area (Å²) in [6, 6.07) is 2.40. The minimum atomic E-state index is -0.629. The third-order valence-corrected chi connectivity index (χ3v) is 1.98. The fraction of sp³-hybridized carbons (Fsp3) is 0.125. The van der Waals surface area contributed by atoms with Crippen LogP contribution < -0.4 is 10.1 Å². The van der Waals surface area contributed by atoms with Gasteiger partial charge in [0.15, 0.2) is 0 Å². The van der Waals surface area contributed by atoms with E-state index in [0.717, 1.165) is 6.07 Å². The number of nitrogens with one attached hydrogen (secondary N) is 1. The summed E-state index contributed by atoms with van der Waals surface area (Å²) in [5.41, 5.74) is 0.00747. The molecule has 0 aromatic heterocycles. The fourth-order valence-corrected chi connectivity index (χ4v) is 1.26. The van der Waals surface area contributed by atoms with E-state index in [-0.39, 0.29) is 22.1 Å². The van der Waals surface area contributed by atoms with Gasteiger partial charge in [0.25, 0.3) is 5.69 Å². The van der Waals surface area contributed by atoms with E-state index in [0.29, 0.717) is 6.41 Å². The number of nitro benzene ring substituents is 1. The van der Waals surface area contributed by atoms with Crippen LogP contribution in [0.1, 0.15) is 0 Å². The minimum Gasteiger partial charge on any atom is -0.494 e. The van der Waals surface area contributed by atoms with Gasteiger partial charge in [0.05, 0.1) is 23.8 Å². The lowest BCUT2D eigenvalue weighted by Crippen LogP contribution is -1.99. The largest absolute Gasteiger partial charge is 0.494 e. The van der Waals surface area contributed by atoms with Crippen LogP contribution in [0.25, 0.3) is 0 Å². The second-order valence-electron chi connectivity index (χ2n) is 2.52. The molecule has 6 nitrogen and oxygen atoms in total. The summed E-state index contributed by atoms with van der Waals surface area (Å²) in [5, 5.41) is 12.8. The molecule has 1 aromatic carbocycles. The molecule has 80 valence electrons. The average Bonchev–Trinajstić information content (AvgIpc) is 2.18. The van der Waals surface area contributed by atoms with Crippen molar-refractivity contribution in [2.45, 2.75) is 0 Å². The van der Waals surface area contributed by atoms with Crippen molar-refractivity contribution in [2.24, 2.45) is 0 Å². The van der Waals surface area contributed by atoms with E-state index in [9.17, 15) is 14.9 Å². The standard InChI is InChI=1S/C8H7ClN2O4/c1-15-8-3-7(11(13)14)5(9)2-6(8)10-4-12/h2-4H,1H3,(H,10,12). The van der Waals surface area contributed by atoms with Gasteiger partial charge < -0.3 is 10.1 Å². The number of anilines is 1. The van der Waals surface area contributed by atoms with Crippen molar-refractivity contribution in [3.63, 3.8) is 0 Å². The first-order chi connectivity index (χ1) is 7.10. The monoisotopic (exact) mass is 230 g/mol. The zero-order valence-corrected chi connectivity index (χ0v) is 8.45. The van der Waals surface area contributed by atoms with E-state index in [4.69, 9.17) is 16.3 Å². The quantitative estimate of drug-likeness (QED) is 0.486. The van der Waals surface area contributed by atoms with E-state index in [1.807, 2.05) is 0 Å². The maximum Gasteiger partial charge on any atom is 0.291 e. The first-order valence-electron chi connectivity index (χ1n) is 3.82. The normalized spacial score (nSPS) is 9.47. The number of nitro groups is 1. The zero-order valence-electron chi connectivity index (χ0n) is 7.69. The number of hydrogen-bond acceptors (Lipinski definition) is 4. The lowest BCUT2D eigenvalue weighted by atomic mass is 10.2. The van der Waals surface area contributed by atoms with E-state index in [1.165, 1.54) is 13.2 Å². The van der Waals surface area contributed by atoms with Crippen molar-refractivity contribution in [3.8, 4) is 5.75 Å². The van der Waals surface area contributed by atoms with Crippen LogP contribution in [0.15, 0.2) is 12.1 Å². The second kappa shape index (κ2) is 4.61. The minimum absolute atomic E-state index is 0.0647. The van der Waals surface area contributed by atoms with E-state index in [2.05, 4.69) is 5.32 Å². The summed E-state index contributed by atoms with van der Waals surface area (Å²) in [6.45, 7) is 0. The van der Waals surface area contributed by atoms with Gasteiger partial charge in [-0.1, -0.05) is 11.6 Å². The van der Waals surface area contributed by atoms with Gasteiger partial charge in [-0.25, -0.2) is 0 Å². The smallest absolute Gasteiger partial charge is 0.291 e. The number of nitrogens with zero attached hydrogens (tertiary/aromatic N) is 1. The summed E-state index contributed by atoms with van der Waals surface area (Å²) in [7, 11) is 1.34. The molecule has 1 amide bonds. The van der Waals surface area contributed by atoms with Crippen LogP contribution in [0.2, 0.25) is 5.02 Å². The summed E-state index contributed by atoms with van der Waals surface area (Å²) < 4.78 is 4.86. The first kappa shape index (κ1) is 11.3. The van der Waals surface area contributed by atoms with Gasteiger partial charge in [0, 0.05) is 0 Å². The molecule has 0 atom stereocenters. The number of ether oxygens (including phenoxy) is 1. The topological polar surface area (TPSA) is 81.5 Å². The highest BCUT2D eigenvalue weighted by atomic mass is 35.5. The number of carbonyl (C=O) groups is 1. The van der Waals surface area contributed by atoms with Crippen LogP contribution in [0, 0.1) is 10.1 Å². The van der Waals surface area contributed by atoms with Crippen molar-refractivity contribution < 1.29 is 14.5 Å². The van der Waals surface area contributed by atoms with Crippen molar-refractivity contribution in [1.82, 2.24) is 0 Å². The molecule has 0 saturated carbocycles. The van der Waals surface area contributed by atoms with Gasteiger partial charge in [0.2, 0.25) is 6.41 Å². The highest BCUT2D eigenvalue weighted by Crippen LogP contribution is 2.35. The zero-order chi connectivity index (χ0) is 11.4. The third-order valence-electron chi connectivity index (χ3n) is 1.68. The molecule has 1 aromatic rings. The van der Waals surface area contributed by atoms with Gasteiger partial charge in [-0.15, -0.1) is 0 Å². The SMILES string of the molecule is COc1cc([N+](=O)[O-])c(Cl)cc1NC=O. The van der Waals surface area contributed by atoms with Crippen LogP contribution in [-0.2, 0) is 4.79 Å². The molecule has 0 saturated heterocycles. The molecule has 0 fully saturated rings. The maximum atomic E-state index is 10.5. The molecule has 0 spiro atoms. The molecule has 0 unspecified atom stereocenters. The molecule has 0 radical (unpaired) electrons. The number of rotatable bonds is 4. The fourth-order valence-electron chi connectivity index (χ4n) is 1.03. The Hall–Kier alpha value is -1.82. The summed E-state index contributed by atoms with van der Waals surface area (Å²) >= 11 is 5.64. The lowest BCUT2D eigenvalue weighted by Gasteiger charge is -2.07. The van der Waals surface area contributed by atoms with Crippen LogP contribution in [0.3, 0.4) is 0 Å². The van der Waals surface area contributed by atoms with Gasteiger partial charge in [-0.2, -0.15) is 0 Å². The van der Waals surface area contributed by atoms with Crippen LogP contribution >= 0.6 is 11.6 Å². The van der Waals surface area contributed by atoms with Gasteiger partial charge >= 0.3 is 0 Å². The molecular weight excluding hydrogens is 224 g/mol. The van der Waals surface area contributed by atoms with Gasteiger partial charge in [0.1, 0.15) is 10.8 Å². The summed E-state index contributed by atoms with van der Waals surface area (Å²) in [6.07, 6.45) is 0.431. The number of hydrogen-bond donors (Lipinski definition) is 1. The average molecular weight is 231 g/mol. The predicted octanol–water partition coefficient (Wildman–Crippen LogP) is 1.83. The maximum absolute atomic E-state index is 10.5. The Morgan fingerprint density at radius 3 is 2.73 bits per heavy atom. The number of halogens is 1. The second-order valence-corrected chi connectivity index (χ2v) is 2.93. The Morgan fingerprint density at radius 2 is 2.27 bits per heavy atom. The summed E-state index contributed by atoms with van der Waals surface area (Å²) in [5.74, 6) is 0.179. The van der Waals surface area contributed by atoms with E-state index < -0.39 is 4.92 Å². The van der Waals surface area contributed by atoms with Gasteiger partial charge in [-0.05, 0) is 6.07 Å². The summed E-state index contributed by atoms with van der Waals surface area (Å²) in [4.78, 5) is 20.1. The molecule has 0 bridgehead atoms. The van der Waals surface area contributed by atoms with Crippen LogP contribution in [0.4, 0.5) is 11.4 Å². The van der Waals surface area contributed by atoms with E-state index >= 15 is 0 Å². The Morgan fingerprint density at radius 1 is 1.60 bits per heavy atom. The number of benzene rings is 1. The number of carbonyl (C=O) groups excluding carboxylic acids is 1. The third kappa shape index (κ3) is 2.35. The highest BCUT2D eigenvalue weighted by Gasteiger charge is 2.17. The Balaban J connectivity index is 3.28. The van der Waals surface area contributed by atoms with Gasteiger partial charge in [-0.3, -0.25) is 14.9 Å². The molecule has 1 N–H and O–H groups in total. The molecule has 0 heterocycles. The van der Waals surface area contributed by atoms with Crippen molar-refractivity contribution >= 4 is 29.4 Å². The predicted molar refractivity (Wildman–Crippen MR) is 54.3 cm³/mol. The lowest BCUT2D eigenvalue weighted by molar-refractivity contribution is -0.384. The number of amides is 1. The van der Waals surface area contributed by atoms with E-state index in [1.54, 1.807) is 0 Å². The Labute approximate surface area is 89.9 Å². The molecule has 7 heteroatoms. The van der Waals surface area contributed by atoms with Crippen LogP contribution in [-0.4, -0.2) is 18.4 Å². The van der Waals surface area contributed by atoms with Crippen molar-refractivity contribution in [2.75, 3.05) is 12.4 Å². The molecule has 0 aliphatic heterocycles. The Bertz CT molecular complexity index is 408. The number of methoxy groups -OCH3 is 1.